The number of benzene rings is 2. The molecular weight excluding hydrogens is 327 g/mol. The molecule has 0 radical (unpaired) electrons. The van der Waals surface area contributed by atoms with Crippen LogP contribution in [0.4, 0.5) is 4.39 Å². The first-order valence-corrected chi connectivity index (χ1v) is 6.81. The predicted molar refractivity (Wildman–Crippen MR) is 75.8 cm³/mol. The van der Waals surface area contributed by atoms with E-state index in [2.05, 4.69) is 15.9 Å². The molecule has 3 rings (SSSR count). The maximum atomic E-state index is 14.3. The van der Waals surface area contributed by atoms with Crippen LogP contribution in [-0.2, 0) is 5.60 Å². The van der Waals surface area contributed by atoms with Crippen molar-refractivity contribution in [1.82, 2.24) is 0 Å². The lowest BCUT2D eigenvalue weighted by molar-refractivity contribution is 0.0851. The fourth-order valence-electron chi connectivity index (χ4n) is 2.43. The molecule has 3 nitrogen and oxygen atoms in total. The van der Waals surface area contributed by atoms with Crippen molar-refractivity contribution < 1.29 is 19.0 Å². The van der Waals surface area contributed by atoms with E-state index in [4.69, 9.17) is 9.47 Å². The van der Waals surface area contributed by atoms with Crippen molar-refractivity contribution in [1.29, 1.82) is 0 Å². The van der Waals surface area contributed by atoms with Gasteiger partial charge in [-0.25, -0.2) is 4.39 Å². The minimum absolute atomic E-state index is 0.118. The van der Waals surface area contributed by atoms with E-state index in [-0.39, 0.29) is 10.0 Å². The van der Waals surface area contributed by atoms with Gasteiger partial charge in [-0.15, -0.1) is 0 Å². The number of hydrogen-bond acceptors (Lipinski definition) is 3. The van der Waals surface area contributed by atoms with Gasteiger partial charge in [-0.3, -0.25) is 0 Å². The van der Waals surface area contributed by atoms with Gasteiger partial charge in [0.05, 0.1) is 17.1 Å². The molecule has 1 atom stereocenters. The molecule has 1 aliphatic rings. The summed E-state index contributed by atoms with van der Waals surface area (Å²) in [6.07, 6.45) is 0. The maximum absolute atomic E-state index is 14.3. The summed E-state index contributed by atoms with van der Waals surface area (Å²) in [5, 5.41) is 10.8. The van der Waals surface area contributed by atoms with Crippen LogP contribution in [-0.4, -0.2) is 12.2 Å². The first kappa shape index (κ1) is 13.4. The molecular formula is C15H12BrFO3. The third-order valence-corrected chi connectivity index (χ3v) is 4.09. The van der Waals surface area contributed by atoms with E-state index >= 15 is 0 Å². The molecule has 0 fully saturated rings. The van der Waals surface area contributed by atoms with Gasteiger partial charge in [0.1, 0.15) is 28.7 Å². The van der Waals surface area contributed by atoms with Crippen LogP contribution in [0.25, 0.3) is 0 Å². The van der Waals surface area contributed by atoms with E-state index in [1.807, 2.05) is 0 Å². The minimum Gasteiger partial charge on any atom is -0.497 e. The van der Waals surface area contributed by atoms with E-state index in [9.17, 15) is 9.50 Å². The Bertz CT molecular complexity index is 698. The quantitative estimate of drug-likeness (QED) is 0.855. The third kappa shape index (κ3) is 1.81. The van der Waals surface area contributed by atoms with Gasteiger partial charge in [-0.05, 0) is 53.2 Å². The summed E-state index contributed by atoms with van der Waals surface area (Å²) in [4.78, 5) is 0. The smallest absolute Gasteiger partial charge is 0.147 e. The minimum atomic E-state index is -1.49. The van der Waals surface area contributed by atoms with E-state index in [1.54, 1.807) is 37.3 Å². The number of fused-ring (bicyclic) bond motifs is 2. The lowest BCUT2D eigenvalue weighted by atomic mass is 9.84. The van der Waals surface area contributed by atoms with Gasteiger partial charge < -0.3 is 14.6 Å². The molecule has 1 unspecified atom stereocenters. The summed E-state index contributed by atoms with van der Waals surface area (Å²) in [6, 6.07) is 8.27. The van der Waals surface area contributed by atoms with Crippen LogP contribution in [0.1, 0.15) is 18.1 Å². The fourth-order valence-corrected chi connectivity index (χ4v) is 2.76. The molecule has 2 aromatic rings. The zero-order valence-corrected chi connectivity index (χ0v) is 12.5. The highest BCUT2D eigenvalue weighted by molar-refractivity contribution is 9.10. The van der Waals surface area contributed by atoms with E-state index in [0.717, 1.165) is 0 Å². The first-order chi connectivity index (χ1) is 9.45. The van der Waals surface area contributed by atoms with Crippen LogP contribution < -0.4 is 9.47 Å². The summed E-state index contributed by atoms with van der Waals surface area (Å²) in [7, 11) is 1.53. The van der Waals surface area contributed by atoms with Gasteiger partial charge in [0, 0.05) is 5.56 Å². The monoisotopic (exact) mass is 338 g/mol. The zero-order chi connectivity index (χ0) is 14.5. The second-order valence-electron chi connectivity index (χ2n) is 4.77. The maximum Gasteiger partial charge on any atom is 0.147 e. The van der Waals surface area contributed by atoms with Crippen molar-refractivity contribution in [2.24, 2.45) is 0 Å². The van der Waals surface area contributed by atoms with Gasteiger partial charge in [0.25, 0.3) is 0 Å². The predicted octanol–water partition coefficient (Wildman–Crippen LogP) is 3.96. The van der Waals surface area contributed by atoms with Crippen molar-refractivity contribution in [2.75, 3.05) is 7.11 Å². The van der Waals surface area contributed by atoms with Crippen LogP contribution >= 0.6 is 15.9 Å². The molecule has 2 aromatic carbocycles. The lowest BCUT2D eigenvalue weighted by Crippen LogP contribution is -2.29. The van der Waals surface area contributed by atoms with Crippen LogP contribution in [0.5, 0.6) is 17.2 Å². The van der Waals surface area contributed by atoms with Crippen molar-refractivity contribution in [2.45, 2.75) is 12.5 Å². The van der Waals surface area contributed by atoms with Gasteiger partial charge in [-0.1, -0.05) is 0 Å². The first-order valence-electron chi connectivity index (χ1n) is 6.02. The molecule has 0 spiro atoms. The zero-order valence-electron chi connectivity index (χ0n) is 10.9. The molecule has 5 heteroatoms. The van der Waals surface area contributed by atoms with Crippen molar-refractivity contribution in [3.63, 3.8) is 0 Å². The Morgan fingerprint density at radius 2 is 1.95 bits per heavy atom. The fraction of sp³-hybridized carbons (Fsp3) is 0.200. The Hall–Kier alpha value is -1.59. The van der Waals surface area contributed by atoms with Crippen LogP contribution in [0.2, 0.25) is 0 Å². The Kier molecular flexibility index (Phi) is 2.99. The standard InChI is InChI=1S/C15H12BrFO3/c1-15(18)9-7-8(19-2)3-5-11(9)20-12-6-4-10(16)14(17)13(12)15/h3-7,18H,1-2H3. The molecule has 0 aliphatic carbocycles. The molecule has 1 aliphatic heterocycles. The van der Waals surface area contributed by atoms with Gasteiger partial charge >= 0.3 is 0 Å². The van der Waals surface area contributed by atoms with Gasteiger partial charge in [-0.2, -0.15) is 0 Å². The van der Waals surface area contributed by atoms with Gasteiger partial charge in [0.2, 0.25) is 0 Å². The Balaban J connectivity index is 2.27. The SMILES string of the molecule is COc1ccc2c(c1)C(C)(O)c1c(ccc(Br)c1F)O2. The molecule has 0 saturated carbocycles. The Morgan fingerprint density at radius 3 is 2.65 bits per heavy atom. The van der Waals surface area contributed by atoms with E-state index in [1.165, 1.54) is 7.11 Å². The molecule has 0 saturated heterocycles. The number of ether oxygens (including phenoxy) is 2. The number of aliphatic hydroxyl groups is 1. The topological polar surface area (TPSA) is 38.7 Å². The number of rotatable bonds is 1. The second kappa shape index (κ2) is 4.46. The normalized spacial score (nSPS) is 19.9. The van der Waals surface area contributed by atoms with Crippen LogP contribution in [0.3, 0.4) is 0 Å². The van der Waals surface area contributed by atoms with E-state index < -0.39 is 11.4 Å². The van der Waals surface area contributed by atoms with Crippen molar-refractivity contribution in [3.8, 4) is 17.2 Å². The van der Waals surface area contributed by atoms with Crippen LogP contribution in [0, 0.1) is 5.82 Å². The van der Waals surface area contributed by atoms with Crippen LogP contribution in [0.15, 0.2) is 34.8 Å². The van der Waals surface area contributed by atoms with Crippen molar-refractivity contribution >= 4 is 15.9 Å². The molecule has 104 valence electrons. The molecule has 0 amide bonds. The number of halogens is 2. The summed E-state index contributed by atoms with van der Waals surface area (Å²) < 4.78 is 25.4. The van der Waals surface area contributed by atoms with E-state index in [0.29, 0.717) is 22.8 Å². The third-order valence-electron chi connectivity index (χ3n) is 3.47. The largest absolute Gasteiger partial charge is 0.497 e. The lowest BCUT2D eigenvalue weighted by Gasteiger charge is -2.33. The average Bonchev–Trinajstić information content (AvgIpc) is 2.42. The summed E-state index contributed by atoms with van der Waals surface area (Å²) in [6.45, 7) is 1.54. The highest BCUT2D eigenvalue weighted by Crippen LogP contribution is 2.49. The highest BCUT2D eigenvalue weighted by atomic mass is 79.9. The second-order valence-corrected chi connectivity index (χ2v) is 5.63. The van der Waals surface area contributed by atoms with Crippen molar-refractivity contribution in [3.05, 3.63) is 51.7 Å². The Morgan fingerprint density at radius 1 is 1.25 bits per heavy atom. The average molecular weight is 339 g/mol. The summed E-state index contributed by atoms with van der Waals surface area (Å²) in [5.74, 6) is 0.853. The number of hydrogen-bond donors (Lipinski definition) is 1. The number of methoxy groups -OCH3 is 1. The summed E-state index contributed by atoms with van der Waals surface area (Å²) >= 11 is 3.13. The molecule has 20 heavy (non-hydrogen) atoms. The highest BCUT2D eigenvalue weighted by Gasteiger charge is 2.39. The molecule has 0 bridgehead atoms. The molecule has 1 N–H and O–H groups in total. The molecule has 1 heterocycles. The summed E-state index contributed by atoms with van der Waals surface area (Å²) in [5.41, 5.74) is -0.903. The molecule has 0 aromatic heterocycles. The Labute approximate surface area is 124 Å². The van der Waals surface area contributed by atoms with Gasteiger partial charge in [0.15, 0.2) is 0 Å².